The zero-order valence-electron chi connectivity index (χ0n) is 9.47. The van der Waals surface area contributed by atoms with Crippen molar-refractivity contribution in [3.05, 3.63) is 34.8 Å². The number of benzene rings is 1. The topological polar surface area (TPSA) is 25.2 Å². The molecule has 0 amide bonds. The molecule has 1 aliphatic rings. The molecule has 2 aromatic rings. The van der Waals surface area contributed by atoms with Gasteiger partial charge in [0.25, 0.3) is 0 Å². The largest absolute Gasteiger partial charge is 0.458 e. The summed E-state index contributed by atoms with van der Waals surface area (Å²) in [6.07, 6.45) is 2.43. The summed E-state index contributed by atoms with van der Waals surface area (Å²) in [5.74, 6) is 1.14. The van der Waals surface area contributed by atoms with Gasteiger partial charge >= 0.3 is 0 Å². The van der Waals surface area contributed by atoms with Crippen LogP contribution in [-0.2, 0) is 0 Å². The Balaban J connectivity index is 2.09. The van der Waals surface area contributed by atoms with E-state index in [0.717, 1.165) is 11.1 Å². The molecule has 1 N–H and O–H groups in total. The summed E-state index contributed by atoms with van der Waals surface area (Å²) in [7, 11) is 1.92. The van der Waals surface area contributed by atoms with Crippen LogP contribution < -0.4 is 5.32 Å². The molecule has 4 heteroatoms. The molecule has 3 rings (SSSR count). The monoisotopic (exact) mass is 253 g/mol. The van der Waals surface area contributed by atoms with Crippen molar-refractivity contribution >= 4 is 22.6 Å². The molecule has 90 valence electrons. The number of hydrogen-bond acceptors (Lipinski definition) is 2. The maximum absolute atomic E-state index is 13.2. The normalized spacial score (nSPS) is 17.6. The predicted molar refractivity (Wildman–Crippen MR) is 65.7 cm³/mol. The van der Waals surface area contributed by atoms with Crippen LogP contribution in [0.15, 0.2) is 22.6 Å². The number of fused-ring (bicyclic) bond motifs is 1. The van der Waals surface area contributed by atoms with Crippen molar-refractivity contribution in [1.82, 2.24) is 5.32 Å². The Hall–Kier alpha value is -1.06. The highest BCUT2D eigenvalue weighted by molar-refractivity contribution is 6.34. The van der Waals surface area contributed by atoms with Crippen LogP contribution in [-0.4, -0.2) is 7.05 Å². The Bertz CT molecular complexity index is 562. The van der Waals surface area contributed by atoms with Gasteiger partial charge in [0.1, 0.15) is 11.6 Å². The standard InChI is InChI=1S/C13H13ClFNO/c1-16-12(7-2-3-7)11-5-8-4-9(15)6-10(14)13(8)17-11/h4-7,12,16H,2-3H2,1H3. The second kappa shape index (κ2) is 4.00. The summed E-state index contributed by atoms with van der Waals surface area (Å²) in [4.78, 5) is 0. The number of nitrogens with one attached hydrogen (secondary N) is 1. The molecule has 0 aliphatic heterocycles. The molecular formula is C13H13ClFNO. The van der Waals surface area contributed by atoms with Crippen molar-refractivity contribution in [3.63, 3.8) is 0 Å². The number of hydrogen-bond donors (Lipinski definition) is 1. The van der Waals surface area contributed by atoms with Crippen LogP contribution in [0.4, 0.5) is 4.39 Å². The molecule has 1 unspecified atom stereocenters. The van der Waals surface area contributed by atoms with Gasteiger partial charge in [0.05, 0.1) is 11.1 Å². The van der Waals surface area contributed by atoms with E-state index in [0.29, 0.717) is 16.5 Å². The fraction of sp³-hybridized carbons (Fsp3) is 0.385. The first kappa shape index (κ1) is 11.1. The first-order valence-corrected chi connectivity index (χ1v) is 6.12. The highest BCUT2D eigenvalue weighted by atomic mass is 35.5. The molecule has 0 spiro atoms. The maximum Gasteiger partial charge on any atom is 0.153 e. The minimum atomic E-state index is -0.331. The maximum atomic E-state index is 13.2. The van der Waals surface area contributed by atoms with Gasteiger partial charge < -0.3 is 9.73 Å². The van der Waals surface area contributed by atoms with Crippen LogP contribution in [0.5, 0.6) is 0 Å². The molecule has 1 aromatic carbocycles. The Morgan fingerprint density at radius 3 is 2.82 bits per heavy atom. The number of furan rings is 1. The van der Waals surface area contributed by atoms with Crippen molar-refractivity contribution in [2.24, 2.45) is 5.92 Å². The molecule has 2 nitrogen and oxygen atoms in total. The number of halogens is 2. The second-order valence-corrected chi connectivity index (χ2v) is 4.97. The molecule has 1 heterocycles. The first-order chi connectivity index (χ1) is 8.19. The zero-order valence-corrected chi connectivity index (χ0v) is 10.2. The van der Waals surface area contributed by atoms with Gasteiger partial charge in [-0.1, -0.05) is 11.6 Å². The summed E-state index contributed by atoms with van der Waals surface area (Å²) in [5, 5.41) is 4.30. The van der Waals surface area contributed by atoms with Gasteiger partial charge in [-0.3, -0.25) is 0 Å². The molecule has 1 saturated carbocycles. The molecular weight excluding hydrogens is 241 g/mol. The highest BCUT2D eigenvalue weighted by Gasteiger charge is 2.33. The third kappa shape index (κ3) is 1.94. The molecule has 0 radical (unpaired) electrons. The first-order valence-electron chi connectivity index (χ1n) is 5.75. The van der Waals surface area contributed by atoms with Gasteiger partial charge in [-0.15, -0.1) is 0 Å². The fourth-order valence-corrected chi connectivity index (χ4v) is 2.54. The number of rotatable bonds is 3. The lowest BCUT2D eigenvalue weighted by atomic mass is 10.1. The summed E-state index contributed by atoms with van der Waals surface area (Å²) < 4.78 is 19.0. The van der Waals surface area contributed by atoms with Crippen LogP contribution in [0.1, 0.15) is 24.6 Å². The molecule has 1 atom stereocenters. The minimum Gasteiger partial charge on any atom is -0.458 e. The average Bonchev–Trinajstić information content (AvgIpc) is 3.00. The Morgan fingerprint density at radius 1 is 1.41 bits per heavy atom. The van der Waals surface area contributed by atoms with Crippen LogP contribution in [0.3, 0.4) is 0 Å². The molecule has 1 fully saturated rings. The van der Waals surface area contributed by atoms with E-state index in [-0.39, 0.29) is 11.9 Å². The van der Waals surface area contributed by atoms with E-state index in [9.17, 15) is 4.39 Å². The SMILES string of the molecule is CNC(c1cc2cc(F)cc(Cl)c2o1)C1CC1. The fourth-order valence-electron chi connectivity index (χ4n) is 2.29. The van der Waals surface area contributed by atoms with Crippen LogP contribution in [0.25, 0.3) is 11.0 Å². The molecule has 1 aromatic heterocycles. The van der Waals surface area contributed by atoms with Crippen LogP contribution in [0, 0.1) is 11.7 Å². The van der Waals surface area contributed by atoms with Crippen LogP contribution in [0.2, 0.25) is 5.02 Å². The van der Waals surface area contributed by atoms with E-state index in [1.807, 2.05) is 13.1 Å². The van der Waals surface area contributed by atoms with Gasteiger partial charge in [0.15, 0.2) is 5.58 Å². The highest BCUT2D eigenvalue weighted by Crippen LogP contribution is 2.42. The summed E-state index contributed by atoms with van der Waals surface area (Å²) in [6.45, 7) is 0. The molecule has 0 bridgehead atoms. The van der Waals surface area contributed by atoms with Gasteiger partial charge in [-0.25, -0.2) is 4.39 Å². The Labute approximate surface area is 104 Å². The smallest absolute Gasteiger partial charge is 0.153 e. The van der Waals surface area contributed by atoms with E-state index in [2.05, 4.69) is 5.32 Å². The van der Waals surface area contributed by atoms with E-state index in [1.54, 1.807) is 0 Å². The third-order valence-corrected chi connectivity index (χ3v) is 3.55. The predicted octanol–water partition coefficient (Wildman–Crippen LogP) is 3.90. The minimum absolute atomic E-state index is 0.210. The van der Waals surface area contributed by atoms with E-state index >= 15 is 0 Å². The lowest BCUT2D eigenvalue weighted by Gasteiger charge is -2.11. The molecule has 17 heavy (non-hydrogen) atoms. The van der Waals surface area contributed by atoms with Crippen LogP contribution >= 0.6 is 11.6 Å². The van der Waals surface area contributed by atoms with Crippen molar-refractivity contribution in [1.29, 1.82) is 0 Å². The quantitative estimate of drug-likeness (QED) is 0.898. The van der Waals surface area contributed by atoms with Gasteiger partial charge in [0.2, 0.25) is 0 Å². The van der Waals surface area contributed by atoms with Crippen molar-refractivity contribution < 1.29 is 8.81 Å². The van der Waals surface area contributed by atoms with Gasteiger partial charge in [-0.2, -0.15) is 0 Å². The zero-order chi connectivity index (χ0) is 12.0. The Morgan fingerprint density at radius 2 is 2.18 bits per heavy atom. The van der Waals surface area contributed by atoms with Crippen molar-refractivity contribution in [3.8, 4) is 0 Å². The summed E-state index contributed by atoms with van der Waals surface area (Å²) >= 11 is 5.96. The van der Waals surface area contributed by atoms with E-state index in [1.165, 1.54) is 25.0 Å². The van der Waals surface area contributed by atoms with Crippen molar-refractivity contribution in [2.75, 3.05) is 7.05 Å². The van der Waals surface area contributed by atoms with Gasteiger partial charge in [0, 0.05) is 5.39 Å². The van der Waals surface area contributed by atoms with Gasteiger partial charge in [-0.05, 0) is 44.0 Å². The second-order valence-electron chi connectivity index (χ2n) is 4.56. The van der Waals surface area contributed by atoms with E-state index in [4.69, 9.17) is 16.0 Å². The average molecular weight is 254 g/mol. The Kier molecular flexibility index (Phi) is 2.60. The molecule has 1 aliphatic carbocycles. The van der Waals surface area contributed by atoms with E-state index < -0.39 is 0 Å². The lowest BCUT2D eigenvalue weighted by molar-refractivity contribution is 0.419. The molecule has 0 saturated heterocycles. The van der Waals surface area contributed by atoms with Crippen molar-refractivity contribution in [2.45, 2.75) is 18.9 Å². The lowest BCUT2D eigenvalue weighted by Crippen LogP contribution is -2.17. The summed E-state index contributed by atoms with van der Waals surface area (Å²) in [6, 6.07) is 4.82. The third-order valence-electron chi connectivity index (χ3n) is 3.27. The summed E-state index contributed by atoms with van der Waals surface area (Å²) in [5.41, 5.74) is 0.573.